The molecule has 5 heteroatoms. The van der Waals surface area contributed by atoms with Crippen LogP contribution in [-0.4, -0.2) is 16.7 Å². The third-order valence-corrected chi connectivity index (χ3v) is 4.27. The molecule has 0 aromatic heterocycles. The van der Waals surface area contributed by atoms with E-state index in [9.17, 15) is 9.00 Å². The predicted molar refractivity (Wildman–Crippen MR) is 69.8 cm³/mol. The van der Waals surface area contributed by atoms with Gasteiger partial charge in [-0.15, -0.1) is 0 Å². The lowest BCUT2D eigenvalue weighted by molar-refractivity contribution is -0.116. The molecule has 1 aliphatic rings. The number of amides is 1. The van der Waals surface area contributed by atoms with Gasteiger partial charge in [-0.1, -0.05) is 19.9 Å². The minimum absolute atomic E-state index is 0.00525. The molecule has 92 valence electrons. The van der Waals surface area contributed by atoms with Gasteiger partial charge in [0.15, 0.2) is 0 Å². The zero-order valence-electron chi connectivity index (χ0n) is 9.99. The third kappa shape index (κ3) is 2.11. The van der Waals surface area contributed by atoms with Crippen LogP contribution in [0.5, 0.6) is 0 Å². The number of hydrogen-bond acceptors (Lipinski definition) is 2. The fraction of sp³-hybridized carbons (Fsp3) is 0.417. The van der Waals surface area contributed by atoms with Crippen molar-refractivity contribution in [1.82, 2.24) is 0 Å². The molecule has 1 aromatic carbocycles. The van der Waals surface area contributed by atoms with Gasteiger partial charge in [-0.25, -0.2) is 4.21 Å². The first-order valence-corrected chi connectivity index (χ1v) is 7.31. The molecule has 0 saturated carbocycles. The Labute approximate surface area is 108 Å². The molecule has 1 atom stereocenters. The number of carbonyl (C=O) groups excluding carboxylic acids is 1. The fourth-order valence-electron chi connectivity index (χ4n) is 2.25. The Balaban J connectivity index is 2.58. The van der Waals surface area contributed by atoms with Crippen molar-refractivity contribution in [1.29, 1.82) is 0 Å². The first-order chi connectivity index (χ1) is 7.83. The summed E-state index contributed by atoms with van der Waals surface area (Å²) in [5.74, 6) is -0.00525. The third-order valence-electron chi connectivity index (χ3n) is 3.11. The number of nitrogens with zero attached hydrogens (tertiary/aromatic N) is 1. The van der Waals surface area contributed by atoms with Crippen molar-refractivity contribution in [2.75, 3.05) is 11.4 Å². The van der Waals surface area contributed by atoms with Crippen molar-refractivity contribution >= 4 is 32.3 Å². The maximum absolute atomic E-state index is 11.6. The van der Waals surface area contributed by atoms with E-state index in [2.05, 4.69) is 13.8 Å². The minimum atomic E-state index is -1.54. The van der Waals surface area contributed by atoms with E-state index in [1.54, 1.807) is 17.0 Å². The summed E-state index contributed by atoms with van der Waals surface area (Å²) in [6.45, 7) is 6.36. The molecule has 0 spiro atoms. The van der Waals surface area contributed by atoms with Gasteiger partial charge < -0.3 is 4.90 Å². The molecular formula is C12H14ClNO2S. The number of carbonyl (C=O) groups is 1. The van der Waals surface area contributed by atoms with E-state index in [1.165, 1.54) is 6.92 Å². The molecule has 0 bridgehead atoms. The summed E-state index contributed by atoms with van der Waals surface area (Å²) in [6.07, 6.45) is 0. The van der Waals surface area contributed by atoms with Crippen molar-refractivity contribution < 1.29 is 9.00 Å². The Morgan fingerprint density at radius 3 is 2.65 bits per heavy atom. The van der Waals surface area contributed by atoms with Crippen LogP contribution < -0.4 is 4.90 Å². The van der Waals surface area contributed by atoms with Crippen LogP contribution >= 0.6 is 10.7 Å². The highest BCUT2D eigenvalue weighted by Crippen LogP contribution is 2.41. The monoisotopic (exact) mass is 271 g/mol. The lowest BCUT2D eigenvalue weighted by Crippen LogP contribution is -2.31. The molecule has 3 nitrogen and oxygen atoms in total. The van der Waals surface area contributed by atoms with Crippen LogP contribution in [0.25, 0.3) is 0 Å². The average Bonchev–Trinajstić information content (AvgIpc) is 2.50. The van der Waals surface area contributed by atoms with Crippen LogP contribution in [0.4, 0.5) is 5.69 Å². The van der Waals surface area contributed by atoms with E-state index in [4.69, 9.17) is 10.7 Å². The van der Waals surface area contributed by atoms with Gasteiger partial charge >= 0.3 is 0 Å². The highest BCUT2D eigenvalue weighted by molar-refractivity contribution is 8.08. The minimum Gasteiger partial charge on any atom is -0.311 e. The first kappa shape index (κ1) is 12.6. The lowest BCUT2D eigenvalue weighted by Gasteiger charge is -2.19. The zero-order chi connectivity index (χ0) is 12.8. The number of halogens is 1. The molecule has 1 unspecified atom stereocenters. The van der Waals surface area contributed by atoms with Gasteiger partial charge in [0, 0.05) is 24.6 Å². The summed E-state index contributed by atoms with van der Waals surface area (Å²) >= 11 is 0. The van der Waals surface area contributed by atoms with Crippen molar-refractivity contribution in [3.63, 3.8) is 0 Å². The average molecular weight is 272 g/mol. The summed E-state index contributed by atoms with van der Waals surface area (Å²) in [6, 6.07) is 5.41. The molecule has 0 aliphatic carbocycles. The molecule has 1 amide bonds. The summed E-state index contributed by atoms with van der Waals surface area (Å²) < 4.78 is 11.3. The predicted octanol–water partition coefficient (Wildman–Crippen LogP) is 2.59. The van der Waals surface area contributed by atoms with E-state index in [1.807, 2.05) is 6.07 Å². The highest BCUT2D eigenvalue weighted by atomic mass is 35.7. The molecule has 0 radical (unpaired) electrons. The van der Waals surface area contributed by atoms with Gasteiger partial charge in [-0.2, -0.15) is 0 Å². The topological polar surface area (TPSA) is 37.4 Å². The van der Waals surface area contributed by atoms with Crippen LogP contribution in [0.1, 0.15) is 26.3 Å². The number of hydrogen-bond donors (Lipinski definition) is 0. The molecule has 0 saturated heterocycles. The number of rotatable bonds is 1. The molecule has 0 N–H and O–H groups in total. The van der Waals surface area contributed by atoms with Crippen molar-refractivity contribution in [2.24, 2.45) is 0 Å². The van der Waals surface area contributed by atoms with Crippen LogP contribution in [0, 0.1) is 0 Å². The largest absolute Gasteiger partial charge is 0.311 e. The second-order valence-corrected chi connectivity index (χ2v) is 6.65. The van der Waals surface area contributed by atoms with Gasteiger partial charge in [0.25, 0.3) is 0 Å². The van der Waals surface area contributed by atoms with Crippen LogP contribution in [-0.2, 0) is 20.2 Å². The van der Waals surface area contributed by atoms with Gasteiger partial charge in [0.2, 0.25) is 5.91 Å². The van der Waals surface area contributed by atoms with Crippen molar-refractivity contribution in [2.45, 2.75) is 31.1 Å². The van der Waals surface area contributed by atoms with Gasteiger partial charge in [0.05, 0.1) is 4.90 Å². The quantitative estimate of drug-likeness (QED) is 0.737. The van der Waals surface area contributed by atoms with Crippen LogP contribution in [0.3, 0.4) is 0 Å². The van der Waals surface area contributed by atoms with Gasteiger partial charge in [-0.05, 0) is 28.4 Å². The second kappa shape index (κ2) is 4.10. The Hall–Kier alpha value is -0.870. The standard InChI is InChI=1S/C12H14ClNO2S/c1-8(15)14-7-12(2,3)10-5-4-9(17(13)16)6-11(10)14/h4-6H,7H2,1-3H3. The summed E-state index contributed by atoms with van der Waals surface area (Å²) in [5, 5.41) is 0. The zero-order valence-corrected chi connectivity index (χ0v) is 11.6. The molecular weight excluding hydrogens is 258 g/mol. The van der Waals surface area contributed by atoms with Gasteiger partial charge in [0.1, 0.15) is 10.0 Å². The highest BCUT2D eigenvalue weighted by Gasteiger charge is 2.37. The SMILES string of the molecule is CC(=O)N1CC(C)(C)c2ccc(S(=O)Cl)cc21. The maximum atomic E-state index is 11.6. The van der Waals surface area contributed by atoms with Crippen LogP contribution in [0.2, 0.25) is 0 Å². The maximum Gasteiger partial charge on any atom is 0.223 e. The van der Waals surface area contributed by atoms with E-state index in [0.29, 0.717) is 11.4 Å². The summed E-state index contributed by atoms with van der Waals surface area (Å²) in [7, 11) is 4.03. The number of benzene rings is 1. The number of anilines is 1. The summed E-state index contributed by atoms with van der Waals surface area (Å²) in [4.78, 5) is 13.8. The molecule has 1 aromatic rings. The van der Waals surface area contributed by atoms with E-state index in [0.717, 1.165) is 11.3 Å². The molecule has 17 heavy (non-hydrogen) atoms. The van der Waals surface area contributed by atoms with Crippen molar-refractivity contribution in [3.05, 3.63) is 23.8 Å². The fourth-order valence-corrected chi connectivity index (χ4v) is 2.92. The molecule has 1 aliphatic heterocycles. The van der Waals surface area contributed by atoms with E-state index >= 15 is 0 Å². The van der Waals surface area contributed by atoms with E-state index < -0.39 is 10.0 Å². The summed E-state index contributed by atoms with van der Waals surface area (Å²) in [5.41, 5.74) is 1.85. The second-order valence-electron chi connectivity index (χ2n) is 4.89. The normalized spacial score (nSPS) is 18.9. The van der Waals surface area contributed by atoms with Crippen molar-refractivity contribution in [3.8, 4) is 0 Å². The molecule has 1 heterocycles. The Morgan fingerprint density at radius 1 is 1.47 bits per heavy atom. The molecule has 0 fully saturated rings. The Morgan fingerprint density at radius 2 is 2.12 bits per heavy atom. The Kier molecular flexibility index (Phi) is 3.04. The van der Waals surface area contributed by atoms with Crippen LogP contribution in [0.15, 0.2) is 23.1 Å². The Bertz CT molecular complexity index is 513. The number of fused-ring (bicyclic) bond motifs is 1. The molecule has 2 rings (SSSR count). The van der Waals surface area contributed by atoms with Gasteiger partial charge in [-0.3, -0.25) is 4.79 Å². The van der Waals surface area contributed by atoms with E-state index in [-0.39, 0.29) is 11.3 Å². The first-order valence-electron chi connectivity index (χ1n) is 5.33. The smallest absolute Gasteiger partial charge is 0.223 e. The lowest BCUT2D eigenvalue weighted by atomic mass is 9.87.